The molecular formula is C14H23BrN2O. The quantitative estimate of drug-likeness (QED) is 0.439. The fourth-order valence-electron chi connectivity index (χ4n) is 2.01. The zero-order valence-electron chi connectivity index (χ0n) is 11.2. The van der Waals surface area contributed by atoms with Gasteiger partial charge in [-0.05, 0) is 46.5 Å². The normalized spacial score (nSPS) is 12.4. The number of methoxy groups -OCH3 is 1. The molecule has 1 aromatic carbocycles. The van der Waals surface area contributed by atoms with Crippen LogP contribution in [-0.2, 0) is 6.42 Å². The van der Waals surface area contributed by atoms with E-state index in [0.717, 1.165) is 23.1 Å². The maximum absolute atomic E-state index is 5.61. The number of benzene rings is 1. The molecule has 0 fully saturated rings. The second-order valence-corrected chi connectivity index (χ2v) is 5.39. The van der Waals surface area contributed by atoms with Gasteiger partial charge in [-0.15, -0.1) is 0 Å². The molecule has 4 heteroatoms. The van der Waals surface area contributed by atoms with Gasteiger partial charge in [0.1, 0.15) is 5.75 Å². The van der Waals surface area contributed by atoms with Crippen molar-refractivity contribution >= 4 is 15.9 Å². The van der Waals surface area contributed by atoms with Crippen molar-refractivity contribution in [2.75, 3.05) is 7.11 Å². The molecule has 3 N–H and O–H groups in total. The van der Waals surface area contributed by atoms with Gasteiger partial charge in [-0.3, -0.25) is 11.3 Å². The van der Waals surface area contributed by atoms with Crippen molar-refractivity contribution in [3.05, 3.63) is 28.2 Å². The molecule has 0 spiro atoms. The van der Waals surface area contributed by atoms with Gasteiger partial charge in [-0.1, -0.05) is 32.3 Å². The first kappa shape index (κ1) is 15.5. The molecule has 0 aromatic heterocycles. The fraction of sp³-hybridized carbons (Fsp3) is 0.571. The maximum Gasteiger partial charge on any atom is 0.133 e. The number of nitrogens with one attached hydrogen (secondary N) is 1. The van der Waals surface area contributed by atoms with Crippen molar-refractivity contribution in [1.29, 1.82) is 0 Å². The lowest BCUT2D eigenvalue weighted by molar-refractivity contribution is 0.411. The summed E-state index contributed by atoms with van der Waals surface area (Å²) in [7, 11) is 1.68. The van der Waals surface area contributed by atoms with E-state index in [1.807, 2.05) is 6.07 Å². The molecule has 0 bridgehead atoms. The first-order valence-electron chi connectivity index (χ1n) is 6.49. The van der Waals surface area contributed by atoms with Crippen molar-refractivity contribution in [2.45, 2.75) is 45.1 Å². The first-order chi connectivity index (χ1) is 8.71. The number of hydrogen-bond acceptors (Lipinski definition) is 3. The molecule has 1 aromatic rings. The minimum atomic E-state index is 0.344. The zero-order chi connectivity index (χ0) is 13.4. The average molecular weight is 315 g/mol. The van der Waals surface area contributed by atoms with E-state index in [9.17, 15) is 0 Å². The summed E-state index contributed by atoms with van der Waals surface area (Å²) in [6, 6.07) is 6.52. The number of ether oxygens (including phenoxy) is 1. The highest BCUT2D eigenvalue weighted by Crippen LogP contribution is 2.26. The second-order valence-electron chi connectivity index (χ2n) is 4.53. The lowest BCUT2D eigenvalue weighted by Gasteiger charge is -2.16. The summed E-state index contributed by atoms with van der Waals surface area (Å²) in [5, 5.41) is 0. The predicted octanol–water partition coefficient (Wildman–Crippen LogP) is 3.41. The molecular weight excluding hydrogens is 292 g/mol. The van der Waals surface area contributed by atoms with Gasteiger partial charge in [0, 0.05) is 6.04 Å². The molecule has 3 nitrogen and oxygen atoms in total. The largest absolute Gasteiger partial charge is 0.496 e. The molecule has 1 atom stereocenters. The van der Waals surface area contributed by atoms with E-state index in [1.54, 1.807) is 7.11 Å². The van der Waals surface area contributed by atoms with Crippen molar-refractivity contribution in [1.82, 2.24) is 5.43 Å². The maximum atomic E-state index is 5.61. The van der Waals surface area contributed by atoms with Gasteiger partial charge in [0.2, 0.25) is 0 Å². The average Bonchev–Trinajstić information content (AvgIpc) is 2.38. The molecule has 102 valence electrons. The Bertz CT molecular complexity index is 358. The summed E-state index contributed by atoms with van der Waals surface area (Å²) in [5.41, 5.74) is 4.18. The van der Waals surface area contributed by atoms with Crippen LogP contribution in [0.25, 0.3) is 0 Å². The summed E-state index contributed by atoms with van der Waals surface area (Å²) in [6.45, 7) is 2.21. The van der Waals surface area contributed by atoms with E-state index in [2.05, 4.69) is 40.4 Å². The highest BCUT2D eigenvalue weighted by atomic mass is 79.9. The minimum absolute atomic E-state index is 0.344. The van der Waals surface area contributed by atoms with E-state index in [4.69, 9.17) is 10.6 Å². The van der Waals surface area contributed by atoms with Crippen LogP contribution >= 0.6 is 15.9 Å². The summed E-state index contributed by atoms with van der Waals surface area (Å²) >= 11 is 3.51. The standard InChI is InChI=1S/C14H23BrN2O/c1-3-4-5-6-12(17-16)9-11-7-8-14(18-2)13(15)10-11/h7-8,10,12,17H,3-6,9,16H2,1-2H3. The third kappa shape index (κ3) is 4.96. The Kier molecular flexibility index (Phi) is 7.32. The van der Waals surface area contributed by atoms with E-state index < -0.39 is 0 Å². The van der Waals surface area contributed by atoms with Gasteiger partial charge in [0.25, 0.3) is 0 Å². The first-order valence-corrected chi connectivity index (χ1v) is 7.29. The van der Waals surface area contributed by atoms with Crippen molar-refractivity contribution in [3.63, 3.8) is 0 Å². The molecule has 0 aliphatic heterocycles. The molecule has 18 heavy (non-hydrogen) atoms. The van der Waals surface area contributed by atoms with Gasteiger partial charge in [0.05, 0.1) is 11.6 Å². The van der Waals surface area contributed by atoms with E-state index in [1.165, 1.54) is 24.8 Å². The lowest BCUT2D eigenvalue weighted by Crippen LogP contribution is -2.36. The highest BCUT2D eigenvalue weighted by Gasteiger charge is 2.09. The van der Waals surface area contributed by atoms with Crippen LogP contribution in [0.3, 0.4) is 0 Å². The molecule has 1 unspecified atom stereocenters. The molecule has 0 aliphatic rings. The molecule has 1 rings (SSSR count). The van der Waals surface area contributed by atoms with Gasteiger partial charge < -0.3 is 4.74 Å². The van der Waals surface area contributed by atoms with Crippen LogP contribution in [0.5, 0.6) is 5.75 Å². The Hall–Kier alpha value is -0.580. The second kappa shape index (κ2) is 8.51. The van der Waals surface area contributed by atoms with Crippen LogP contribution in [0.2, 0.25) is 0 Å². The molecule has 0 saturated heterocycles. The van der Waals surface area contributed by atoms with Crippen LogP contribution < -0.4 is 16.0 Å². The minimum Gasteiger partial charge on any atom is -0.496 e. The monoisotopic (exact) mass is 314 g/mol. The smallest absolute Gasteiger partial charge is 0.133 e. The summed E-state index contributed by atoms with van der Waals surface area (Å²) in [6.07, 6.45) is 5.80. The number of hydrazine groups is 1. The Balaban J connectivity index is 2.55. The third-order valence-corrected chi connectivity index (χ3v) is 3.71. The molecule has 0 saturated carbocycles. The number of hydrogen-bond donors (Lipinski definition) is 2. The van der Waals surface area contributed by atoms with Crippen molar-refractivity contribution in [2.24, 2.45) is 5.84 Å². The Morgan fingerprint density at radius 1 is 1.39 bits per heavy atom. The third-order valence-electron chi connectivity index (χ3n) is 3.09. The summed E-state index contributed by atoms with van der Waals surface area (Å²) < 4.78 is 6.22. The Labute approximate surface area is 118 Å². The van der Waals surface area contributed by atoms with Crippen LogP contribution in [0.4, 0.5) is 0 Å². The van der Waals surface area contributed by atoms with Gasteiger partial charge in [-0.25, -0.2) is 0 Å². The van der Waals surface area contributed by atoms with Gasteiger partial charge >= 0.3 is 0 Å². The lowest BCUT2D eigenvalue weighted by atomic mass is 10.0. The molecule has 0 aliphatic carbocycles. The van der Waals surface area contributed by atoms with Crippen LogP contribution in [-0.4, -0.2) is 13.2 Å². The van der Waals surface area contributed by atoms with E-state index in [0.29, 0.717) is 6.04 Å². The number of unbranched alkanes of at least 4 members (excludes halogenated alkanes) is 2. The number of halogens is 1. The number of nitrogens with two attached hydrogens (primary N) is 1. The Morgan fingerprint density at radius 2 is 2.17 bits per heavy atom. The SMILES string of the molecule is CCCCCC(Cc1ccc(OC)c(Br)c1)NN. The highest BCUT2D eigenvalue weighted by molar-refractivity contribution is 9.10. The van der Waals surface area contributed by atoms with Gasteiger partial charge in [-0.2, -0.15) is 0 Å². The van der Waals surface area contributed by atoms with Crippen molar-refractivity contribution in [3.8, 4) is 5.75 Å². The molecule has 0 amide bonds. The van der Waals surface area contributed by atoms with Crippen molar-refractivity contribution < 1.29 is 4.74 Å². The molecule has 0 radical (unpaired) electrons. The number of rotatable bonds is 8. The van der Waals surface area contributed by atoms with E-state index >= 15 is 0 Å². The van der Waals surface area contributed by atoms with Gasteiger partial charge in [0.15, 0.2) is 0 Å². The predicted molar refractivity (Wildman–Crippen MR) is 79.7 cm³/mol. The van der Waals surface area contributed by atoms with Crippen LogP contribution in [0.15, 0.2) is 22.7 Å². The Morgan fingerprint density at radius 3 is 2.72 bits per heavy atom. The van der Waals surface area contributed by atoms with E-state index in [-0.39, 0.29) is 0 Å². The topological polar surface area (TPSA) is 47.3 Å². The van der Waals surface area contributed by atoms with Crippen LogP contribution in [0.1, 0.15) is 38.2 Å². The summed E-state index contributed by atoms with van der Waals surface area (Å²) in [4.78, 5) is 0. The molecule has 0 heterocycles. The van der Waals surface area contributed by atoms with Crippen LogP contribution in [0, 0.1) is 0 Å². The summed E-state index contributed by atoms with van der Waals surface area (Å²) in [5.74, 6) is 6.47. The fourth-order valence-corrected chi connectivity index (χ4v) is 2.59. The zero-order valence-corrected chi connectivity index (χ0v) is 12.8.